The van der Waals surface area contributed by atoms with Crippen molar-refractivity contribution in [3.8, 4) is 0 Å². The third kappa shape index (κ3) is 4.73. The van der Waals surface area contributed by atoms with E-state index in [-0.39, 0.29) is 0 Å². The van der Waals surface area contributed by atoms with Crippen LogP contribution in [0.2, 0.25) is 0 Å². The molecule has 0 aliphatic carbocycles. The number of thiophene rings is 1. The number of hydrogen-bond acceptors (Lipinski definition) is 3. The first-order valence-electron chi connectivity index (χ1n) is 7.52. The first kappa shape index (κ1) is 15.2. The summed E-state index contributed by atoms with van der Waals surface area (Å²) >= 11 is 1.95. The van der Waals surface area contributed by atoms with Gasteiger partial charge in [0.15, 0.2) is 0 Å². The van der Waals surface area contributed by atoms with Crippen molar-refractivity contribution in [3.63, 3.8) is 0 Å². The smallest absolute Gasteiger partial charge is 0.0404 e. The molecule has 0 saturated heterocycles. The van der Waals surface area contributed by atoms with Crippen LogP contribution in [0, 0.1) is 0 Å². The zero-order chi connectivity index (χ0) is 14.2. The van der Waals surface area contributed by atoms with E-state index in [9.17, 15) is 0 Å². The van der Waals surface area contributed by atoms with Crippen LogP contribution in [0.3, 0.4) is 0 Å². The molecular weight excluding hydrogens is 264 g/mol. The standard InChI is InChI=1S/C17H24N2S/c1-3-16-10-11-17(20-16)13-15(18-4-2)9-8-14-7-5-6-12-19-14/h5-7,10-12,15,18H,3-4,8-9,13H2,1-2H3. The molecule has 1 N–H and O–H groups in total. The summed E-state index contributed by atoms with van der Waals surface area (Å²) in [5.74, 6) is 0. The monoisotopic (exact) mass is 288 g/mol. The lowest BCUT2D eigenvalue weighted by molar-refractivity contribution is 0.491. The molecule has 0 radical (unpaired) electrons. The zero-order valence-electron chi connectivity index (χ0n) is 12.4. The summed E-state index contributed by atoms with van der Waals surface area (Å²) in [5.41, 5.74) is 1.19. The van der Waals surface area contributed by atoms with Gasteiger partial charge < -0.3 is 5.32 Å². The van der Waals surface area contributed by atoms with Crippen LogP contribution < -0.4 is 5.32 Å². The molecular formula is C17H24N2S. The predicted molar refractivity (Wildman–Crippen MR) is 87.4 cm³/mol. The van der Waals surface area contributed by atoms with Crippen LogP contribution in [0.5, 0.6) is 0 Å². The van der Waals surface area contributed by atoms with E-state index < -0.39 is 0 Å². The highest BCUT2D eigenvalue weighted by Gasteiger charge is 2.10. The maximum Gasteiger partial charge on any atom is 0.0404 e. The van der Waals surface area contributed by atoms with E-state index in [1.807, 2.05) is 23.6 Å². The molecule has 0 fully saturated rings. The van der Waals surface area contributed by atoms with Crippen molar-refractivity contribution in [1.82, 2.24) is 10.3 Å². The van der Waals surface area contributed by atoms with Gasteiger partial charge in [-0.1, -0.05) is 19.9 Å². The van der Waals surface area contributed by atoms with E-state index in [2.05, 4.69) is 48.4 Å². The van der Waals surface area contributed by atoms with Crippen LogP contribution in [-0.2, 0) is 19.3 Å². The number of likely N-dealkylation sites (N-methyl/N-ethyl adjacent to an activating group) is 1. The number of rotatable bonds is 8. The minimum atomic E-state index is 0.547. The highest BCUT2D eigenvalue weighted by Crippen LogP contribution is 2.19. The lowest BCUT2D eigenvalue weighted by Gasteiger charge is -2.16. The highest BCUT2D eigenvalue weighted by atomic mass is 32.1. The second kappa shape index (κ2) is 8.18. The van der Waals surface area contributed by atoms with E-state index in [4.69, 9.17) is 0 Å². The maximum absolute atomic E-state index is 4.41. The van der Waals surface area contributed by atoms with Gasteiger partial charge in [-0.3, -0.25) is 4.98 Å². The fraction of sp³-hybridized carbons (Fsp3) is 0.471. The van der Waals surface area contributed by atoms with Crippen molar-refractivity contribution < 1.29 is 0 Å². The Morgan fingerprint density at radius 2 is 2.00 bits per heavy atom. The molecule has 0 aromatic carbocycles. The van der Waals surface area contributed by atoms with Gasteiger partial charge in [-0.05, 0) is 56.5 Å². The second-order valence-corrected chi connectivity index (χ2v) is 6.29. The second-order valence-electron chi connectivity index (χ2n) is 5.04. The summed E-state index contributed by atoms with van der Waals surface area (Å²) in [5, 5.41) is 3.61. The van der Waals surface area contributed by atoms with Gasteiger partial charge in [0, 0.05) is 27.7 Å². The molecule has 1 atom stereocenters. The van der Waals surface area contributed by atoms with E-state index in [1.165, 1.54) is 15.4 Å². The normalized spacial score (nSPS) is 12.5. The summed E-state index contributed by atoms with van der Waals surface area (Å²) in [4.78, 5) is 7.39. The van der Waals surface area contributed by atoms with Crippen LogP contribution >= 0.6 is 11.3 Å². The molecule has 0 spiro atoms. The number of hydrogen-bond donors (Lipinski definition) is 1. The van der Waals surface area contributed by atoms with Crippen molar-refractivity contribution >= 4 is 11.3 Å². The van der Waals surface area contributed by atoms with Crippen LogP contribution in [0.15, 0.2) is 36.5 Å². The Morgan fingerprint density at radius 3 is 2.65 bits per heavy atom. The van der Waals surface area contributed by atoms with Gasteiger partial charge in [0.25, 0.3) is 0 Å². The highest BCUT2D eigenvalue weighted by molar-refractivity contribution is 7.11. The van der Waals surface area contributed by atoms with Crippen molar-refractivity contribution in [3.05, 3.63) is 52.0 Å². The molecule has 2 heterocycles. The molecule has 2 aromatic heterocycles. The lowest BCUT2D eigenvalue weighted by atomic mass is 10.0. The molecule has 0 aliphatic heterocycles. The molecule has 0 saturated carbocycles. The predicted octanol–water partition coefficient (Wildman–Crippen LogP) is 3.86. The Balaban J connectivity index is 1.89. The number of aryl methyl sites for hydroxylation is 2. The van der Waals surface area contributed by atoms with Crippen LogP contribution in [0.25, 0.3) is 0 Å². The van der Waals surface area contributed by atoms with Gasteiger partial charge in [-0.25, -0.2) is 0 Å². The largest absolute Gasteiger partial charge is 0.314 e. The average molecular weight is 288 g/mol. The molecule has 2 nitrogen and oxygen atoms in total. The fourth-order valence-electron chi connectivity index (χ4n) is 2.40. The summed E-state index contributed by atoms with van der Waals surface area (Å²) in [7, 11) is 0. The molecule has 0 amide bonds. The first-order valence-corrected chi connectivity index (χ1v) is 8.34. The molecule has 0 bridgehead atoms. The third-order valence-electron chi connectivity index (χ3n) is 3.48. The Morgan fingerprint density at radius 1 is 1.15 bits per heavy atom. The van der Waals surface area contributed by atoms with E-state index >= 15 is 0 Å². The quantitative estimate of drug-likeness (QED) is 0.798. The topological polar surface area (TPSA) is 24.9 Å². The number of nitrogens with zero attached hydrogens (tertiary/aromatic N) is 1. The van der Waals surface area contributed by atoms with Gasteiger partial charge >= 0.3 is 0 Å². The number of aromatic nitrogens is 1. The summed E-state index contributed by atoms with van der Waals surface area (Å²) in [6, 6.07) is 11.3. The molecule has 1 unspecified atom stereocenters. The summed E-state index contributed by atoms with van der Waals surface area (Å²) in [6.07, 6.45) is 6.34. The average Bonchev–Trinajstić information content (AvgIpc) is 2.94. The van der Waals surface area contributed by atoms with Gasteiger partial charge in [0.05, 0.1) is 0 Å². The van der Waals surface area contributed by atoms with E-state index in [1.54, 1.807) is 0 Å². The van der Waals surface area contributed by atoms with Gasteiger partial charge in [-0.15, -0.1) is 11.3 Å². The summed E-state index contributed by atoms with van der Waals surface area (Å²) < 4.78 is 0. The maximum atomic E-state index is 4.41. The van der Waals surface area contributed by atoms with Crippen molar-refractivity contribution in [2.45, 2.75) is 45.6 Å². The van der Waals surface area contributed by atoms with E-state index in [0.29, 0.717) is 6.04 Å². The van der Waals surface area contributed by atoms with Crippen LogP contribution in [0.1, 0.15) is 35.7 Å². The Labute approximate surface area is 126 Å². The molecule has 2 rings (SSSR count). The van der Waals surface area contributed by atoms with Crippen LogP contribution in [-0.4, -0.2) is 17.6 Å². The summed E-state index contributed by atoms with van der Waals surface area (Å²) in [6.45, 7) is 5.43. The molecule has 3 heteroatoms. The molecule has 0 aliphatic rings. The zero-order valence-corrected chi connectivity index (χ0v) is 13.2. The van der Waals surface area contributed by atoms with Crippen molar-refractivity contribution in [1.29, 1.82) is 0 Å². The molecule has 20 heavy (non-hydrogen) atoms. The lowest BCUT2D eigenvalue weighted by Crippen LogP contribution is -2.31. The van der Waals surface area contributed by atoms with Crippen molar-refractivity contribution in [2.24, 2.45) is 0 Å². The number of pyridine rings is 1. The molecule has 108 valence electrons. The Hall–Kier alpha value is -1.19. The number of nitrogens with one attached hydrogen (secondary N) is 1. The van der Waals surface area contributed by atoms with Gasteiger partial charge in [-0.2, -0.15) is 0 Å². The third-order valence-corrected chi connectivity index (χ3v) is 4.73. The van der Waals surface area contributed by atoms with Crippen molar-refractivity contribution in [2.75, 3.05) is 6.54 Å². The Kier molecular flexibility index (Phi) is 6.22. The first-order chi connectivity index (χ1) is 9.81. The van der Waals surface area contributed by atoms with Crippen LogP contribution in [0.4, 0.5) is 0 Å². The van der Waals surface area contributed by atoms with Gasteiger partial charge in [0.1, 0.15) is 0 Å². The molecule has 2 aromatic rings. The van der Waals surface area contributed by atoms with E-state index in [0.717, 1.165) is 32.2 Å². The minimum absolute atomic E-state index is 0.547. The Bertz CT molecular complexity index is 493. The van der Waals surface area contributed by atoms with Gasteiger partial charge in [0.2, 0.25) is 0 Å². The minimum Gasteiger partial charge on any atom is -0.314 e. The fourth-order valence-corrected chi connectivity index (χ4v) is 3.44. The SMILES string of the molecule is CCNC(CCc1ccccn1)Cc1ccc(CC)s1.